The van der Waals surface area contributed by atoms with E-state index in [9.17, 15) is 4.79 Å². The maximum absolute atomic E-state index is 12.0. The SMILES string of the molecule is C[C@@H](Sc1ccccc1)C(=O)NCCSC1CCCC1. The van der Waals surface area contributed by atoms with Gasteiger partial charge in [-0.3, -0.25) is 4.79 Å². The highest BCUT2D eigenvalue weighted by Gasteiger charge is 2.16. The van der Waals surface area contributed by atoms with Gasteiger partial charge in [-0.1, -0.05) is 31.0 Å². The first kappa shape index (κ1) is 15.8. The van der Waals surface area contributed by atoms with Crippen molar-refractivity contribution < 1.29 is 4.79 Å². The molecule has 0 saturated heterocycles. The van der Waals surface area contributed by atoms with Gasteiger partial charge in [0, 0.05) is 22.4 Å². The number of thioether (sulfide) groups is 2. The van der Waals surface area contributed by atoms with Gasteiger partial charge < -0.3 is 5.32 Å². The van der Waals surface area contributed by atoms with Crippen molar-refractivity contribution >= 4 is 29.4 Å². The highest BCUT2D eigenvalue weighted by atomic mass is 32.2. The largest absolute Gasteiger partial charge is 0.354 e. The molecule has 1 aromatic carbocycles. The topological polar surface area (TPSA) is 29.1 Å². The first-order chi connectivity index (χ1) is 9.75. The van der Waals surface area contributed by atoms with E-state index in [0.717, 1.165) is 22.4 Å². The van der Waals surface area contributed by atoms with E-state index in [1.807, 2.05) is 49.0 Å². The van der Waals surface area contributed by atoms with Gasteiger partial charge in [0.2, 0.25) is 5.91 Å². The number of carbonyl (C=O) groups excluding carboxylic acids is 1. The minimum atomic E-state index is -0.0334. The zero-order chi connectivity index (χ0) is 14.2. The maximum atomic E-state index is 12.0. The third-order valence-corrected chi connectivity index (χ3v) is 5.98. The molecule has 2 rings (SSSR count). The van der Waals surface area contributed by atoms with Gasteiger partial charge in [-0.05, 0) is 31.9 Å². The van der Waals surface area contributed by atoms with Crippen molar-refractivity contribution in [1.82, 2.24) is 5.32 Å². The van der Waals surface area contributed by atoms with Crippen LogP contribution in [0.3, 0.4) is 0 Å². The summed E-state index contributed by atoms with van der Waals surface area (Å²) in [5.41, 5.74) is 0. The first-order valence-electron chi connectivity index (χ1n) is 7.37. The second-order valence-corrected chi connectivity index (χ2v) is 7.96. The maximum Gasteiger partial charge on any atom is 0.233 e. The van der Waals surface area contributed by atoms with E-state index in [-0.39, 0.29) is 11.2 Å². The second kappa shape index (κ2) is 8.63. The van der Waals surface area contributed by atoms with Crippen molar-refractivity contribution in [3.63, 3.8) is 0 Å². The molecular weight excluding hydrogens is 286 g/mol. The van der Waals surface area contributed by atoms with Crippen LogP contribution in [0, 0.1) is 0 Å². The molecule has 20 heavy (non-hydrogen) atoms. The van der Waals surface area contributed by atoms with E-state index in [4.69, 9.17) is 0 Å². The Hall–Kier alpha value is -0.610. The van der Waals surface area contributed by atoms with Gasteiger partial charge >= 0.3 is 0 Å². The smallest absolute Gasteiger partial charge is 0.233 e. The van der Waals surface area contributed by atoms with E-state index < -0.39 is 0 Å². The highest BCUT2D eigenvalue weighted by Crippen LogP contribution is 2.29. The average molecular weight is 310 g/mol. The van der Waals surface area contributed by atoms with Gasteiger partial charge in [-0.25, -0.2) is 0 Å². The fourth-order valence-electron chi connectivity index (χ4n) is 2.36. The minimum Gasteiger partial charge on any atom is -0.354 e. The van der Waals surface area contributed by atoms with Crippen molar-refractivity contribution in [2.75, 3.05) is 12.3 Å². The van der Waals surface area contributed by atoms with Crippen molar-refractivity contribution in [2.45, 2.75) is 48.0 Å². The highest BCUT2D eigenvalue weighted by molar-refractivity contribution is 8.00. The molecule has 2 nitrogen and oxygen atoms in total. The molecule has 0 radical (unpaired) electrons. The molecular formula is C16H23NOS2. The number of nitrogens with one attached hydrogen (secondary N) is 1. The van der Waals surface area contributed by atoms with Gasteiger partial charge in [-0.15, -0.1) is 11.8 Å². The summed E-state index contributed by atoms with van der Waals surface area (Å²) < 4.78 is 0. The summed E-state index contributed by atoms with van der Waals surface area (Å²) in [6.45, 7) is 2.76. The predicted molar refractivity (Wildman–Crippen MR) is 89.5 cm³/mol. The fourth-order valence-corrected chi connectivity index (χ4v) is 4.49. The van der Waals surface area contributed by atoms with Crippen molar-refractivity contribution in [3.05, 3.63) is 30.3 Å². The lowest BCUT2D eigenvalue weighted by Gasteiger charge is -2.13. The molecule has 110 valence electrons. The number of hydrogen-bond donors (Lipinski definition) is 1. The summed E-state index contributed by atoms with van der Waals surface area (Å²) in [5.74, 6) is 1.19. The van der Waals surface area contributed by atoms with Crippen LogP contribution < -0.4 is 5.32 Å². The van der Waals surface area contributed by atoms with Gasteiger partial charge in [0.15, 0.2) is 0 Å². The summed E-state index contributed by atoms with van der Waals surface area (Å²) in [7, 11) is 0. The Bertz CT molecular complexity index is 404. The first-order valence-corrected chi connectivity index (χ1v) is 9.29. The Morgan fingerprint density at radius 1 is 1.30 bits per heavy atom. The normalized spacial score (nSPS) is 17.1. The van der Waals surface area contributed by atoms with Gasteiger partial charge in [0.05, 0.1) is 5.25 Å². The van der Waals surface area contributed by atoms with E-state index in [1.165, 1.54) is 25.7 Å². The summed E-state index contributed by atoms with van der Waals surface area (Å²) in [5, 5.41) is 3.85. The van der Waals surface area contributed by atoms with Crippen LogP contribution in [0.1, 0.15) is 32.6 Å². The number of hydrogen-bond acceptors (Lipinski definition) is 3. The van der Waals surface area contributed by atoms with Gasteiger partial charge in [0.1, 0.15) is 0 Å². The molecule has 1 amide bonds. The van der Waals surface area contributed by atoms with E-state index >= 15 is 0 Å². The lowest BCUT2D eigenvalue weighted by atomic mass is 10.4. The molecule has 0 aromatic heterocycles. The van der Waals surface area contributed by atoms with Crippen LogP contribution in [-0.2, 0) is 4.79 Å². The number of rotatable bonds is 7. The molecule has 1 N–H and O–H groups in total. The van der Waals surface area contributed by atoms with Crippen LogP contribution in [0.15, 0.2) is 35.2 Å². The molecule has 1 aliphatic carbocycles. The summed E-state index contributed by atoms with van der Waals surface area (Å²) in [6.07, 6.45) is 5.49. The molecule has 1 saturated carbocycles. The van der Waals surface area contributed by atoms with Crippen LogP contribution in [0.2, 0.25) is 0 Å². The van der Waals surface area contributed by atoms with Gasteiger partial charge in [-0.2, -0.15) is 11.8 Å². The zero-order valence-corrected chi connectivity index (χ0v) is 13.6. The quantitative estimate of drug-likeness (QED) is 0.610. The Kier molecular flexibility index (Phi) is 6.80. The Morgan fingerprint density at radius 2 is 2.00 bits per heavy atom. The number of carbonyl (C=O) groups is 1. The third-order valence-electron chi connectivity index (χ3n) is 3.48. The predicted octanol–water partition coefficient (Wildman–Crippen LogP) is 3.96. The Morgan fingerprint density at radius 3 is 2.70 bits per heavy atom. The van der Waals surface area contributed by atoms with Crippen LogP contribution in [-0.4, -0.2) is 28.7 Å². The molecule has 4 heteroatoms. The minimum absolute atomic E-state index is 0.0334. The zero-order valence-electron chi connectivity index (χ0n) is 12.0. The third kappa shape index (κ3) is 5.41. The molecule has 1 aliphatic rings. The van der Waals surface area contributed by atoms with Crippen molar-refractivity contribution in [3.8, 4) is 0 Å². The van der Waals surface area contributed by atoms with E-state index in [1.54, 1.807) is 11.8 Å². The summed E-state index contributed by atoms with van der Waals surface area (Å²) in [6, 6.07) is 10.1. The van der Waals surface area contributed by atoms with Crippen LogP contribution in [0.25, 0.3) is 0 Å². The molecule has 0 bridgehead atoms. The summed E-state index contributed by atoms with van der Waals surface area (Å²) in [4.78, 5) is 13.2. The molecule has 0 spiro atoms. The standard InChI is InChI=1S/C16H23NOS2/c1-13(20-15-9-3-2-4-10-15)16(18)17-11-12-19-14-7-5-6-8-14/h2-4,9-10,13-14H,5-8,11-12H2,1H3,(H,17,18)/t13-/m1/s1. The lowest BCUT2D eigenvalue weighted by molar-refractivity contribution is -0.120. The molecule has 0 heterocycles. The fraction of sp³-hybridized carbons (Fsp3) is 0.562. The number of amides is 1. The van der Waals surface area contributed by atoms with Crippen molar-refractivity contribution in [2.24, 2.45) is 0 Å². The van der Waals surface area contributed by atoms with Crippen LogP contribution >= 0.6 is 23.5 Å². The van der Waals surface area contributed by atoms with E-state index in [0.29, 0.717) is 0 Å². The second-order valence-electron chi connectivity index (χ2n) is 5.14. The molecule has 0 unspecified atom stereocenters. The molecule has 1 fully saturated rings. The lowest BCUT2D eigenvalue weighted by Crippen LogP contribution is -2.32. The average Bonchev–Trinajstić information content (AvgIpc) is 2.97. The van der Waals surface area contributed by atoms with Gasteiger partial charge in [0.25, 0.3) is 0 Å². The molecule has 1 aromatic rings. The van der Waals surface area contributed by atoms with Crippen molar-refractivity contribution in [1.29, 1.82) is 0 Å². The molecule has 1 atom stereocenters. The van der Waals surface area contributed by atoms with Crippen LogP contribution in [0.4, 0.5) is 0 Å². The Balaban J connectivity index is 1.61. The van der Waals surface area contributed by atoms with Crippen LogP contribution in [0.5, 0.6) is 0 Å². The Labute approximate surface area is 130 Å². The van der Waals surface area contributed by atoms with E-state index in [2.05, 4.69) is 5.32 Å². The summed E-state index contributed by atoms with van der Waals surface area (Å²) >= 11 is 3.64. The number of benzene rings is 1. The monoisotopic (exact) mass is 309 g/mol. The molecule has 0 aliphatic heterocycles.